The highest BCUT2D eigenvalue weighted by Gasteiger charge is 2.22. The van der Waals surface area contributed by atoms with Gasteiger partial charge in [0, 0.05) is 94.1 Å². The number of aryl methyl sites for hydroxylation is 6. The van der Waals surface area contributed by atoms with Crippen LogP contribution in [0.4, 0.5) is 0 Å². The van der Waals surface area contributed by atoms with Gasteiger partial charge in [0.05, 0.1) is 75.5 Å². The summed E-state index contributed by atoms with van der Waals surface area (Å²) in [5, 5.41) is 6.15. The first-order chi connectivity index (χ1) is 40.0. The summed E-state index contributed by atoms with van der Waals surface area (Å²) >= 11 is 10.4. The van der Waals surface area contributed by atoms with E-state index in [0.29, 0.717) is 0 Å². The van der Waals surface area contributed by atoms with Gasteiger partial charge in [-0.05, 0) is 161 Å². The van der Waals surface area contributed by atoms with Crippen molar-refractivity contribution < 1.29 is 9.47 Å². The smallest absolute Gasteiger partial charge is 0.124 e. The Morgan fingerprint density at radius 3 is 0.659 bits per heavy atom. The minimum Gasteiger partial charge on any atom is -0.497 e. The summed E-state index contributed by atoms with van der Waals surface area (Å²) in [6.07, 6.45) is 14.5. The fraction of sp³-hybridized carbons (Fsp3) is 0.125. The predicted octanol–water partition coefficient (Wildman–Crippen LogP) is 18.2. The lowest BCUT2D eigenvalue weighted by molar-refractivity contribution is 0.415. The van der Waals surface area contributed by atoms with E-state index in [4.69, 9.17) is 39.4 Å². The Morgan fingerprint density at radius 1 is 0.244 bits per heavy atom. The minimum atomic E-state index is 0.852. The van der Waals surface area contributed by atoms with Gasteiger partial charge in [-0.15, -0.1) is 68.0 Å². The van der Waals surface area contributed by atoms with Gasteiger partial charge >= 0.3 is 0 Å². The highest BCUT2D eigenvalue weighted by molar-refractivity contribution is 7.25. The van der Waals surface area contributed by atoms with Gasteiger partial charge in [-0.3, -0.25) is 19.9 Å². The van der Waals surface area contributed by atoms with Gasteiger partial charge in [-0.2, -0.15) is 0 Å². The number of pyridine rings is 4. The molecule has 0 amide bonds. The second-order valence-electron chi connectivity index (χ2n) is 19.3. The normalized spacial score (nSPS) is 11.4. The molecule has 0 saturated heterocycles. The summed E-state index contributed by atoms with van der Waals surface area (Å²) in [5.41, 5.74) is 20.2. The van der Waals surface area contributed by atoms with Crippen LogP contribution >= 0.6 is 68.0 Å². The van der Waals surface area contributed by atoms with Crippen molar-refractivity contribution in [2.45, 2.75) is 41.5 Å². The summed E-state index contributed by atoms with van der Waals surface area (Å²) < 4.78 is 17.9. The molecule has 0 aliphatic rings. The fourth-order valence-electron chi connectivity index (χ4n) is 9.80. The molecule has 10 heterocycles. The lowest BCUT2D eigenvalue weighted by Gasteiger charge is -2.00. The maximum Gasteiger partial charge on any atom is 0.124 e. The van der Waals surface area contributed by atoms with Gasteiger partial charge in [0.15, 0.2) is 0 Å². The molecule has 10 aromatic heterocycles. The van der Waals surface area contributed by atoms with Crippen molar-refractivity contribution in [3.63, 3.8) is 0 Å². The largest absolute Gasteiger partial charge is 0.497 e. The standard InChI is InChI=1S/2C22H17N3OS2.C20H14N4S2/c1-12-17-19(27-21(24-17)14-4-6-16(26-3)7-5-14)13(2)18-20(12)28-22(25-18)15-8-10-23-11-9-15;1-12-17-19(27-21(24-17)14-4-6-16(26-3)7-5-14)13(2)20-18(12)25-22(28-20)15-8-10-23-11-9-15;1-11-15-17(25-19(23-15)13-3-7-21-8-4-13)12(2)18-16(11)24-20(26-18)14-5-9-22-10-6-14/h2*4-11H,1-3H3;3-10H,1-2H3. The zero-order chi connectivity index (χ0) is 56.2. The zero-order valence-corrected chi connectivity index (χ0v) is 50.5. The molecule has 0 fully saturated rings. The maximum absolute atomic E-state index is 5.26. The molecule has 5 aromatic carbocycles. The molecule has 0 unspecified atom stereocenters. The van der Waals surface area contributed by atoms with Crippen LogP contribution in [0.3, 0.4) is 0 Å². The first-order valence-electron chi connectivity index (χ1n) is 26.0. The average Bonchev–Trinajstić information content (AvgIpc) is 3.89. The van der Waals surface area contributed by atoms with E-state index in [2.05, 4.69) is 85.7 Å². The first kappa shape index (κ1) is 53.0. The third-order valence-corrected chi connectivity index (χ3v) is 21.7. The number of benzene rings is 5. The van der Waals surface area contributed by atoms with Crippen LogP contribution in [-0.4, -0.2) is 64.1 Å². The van der Waals surface area contributed by atoms with Crippen LogP contribution in [-0.2, 0) is 0 Å². The summed E-state index contributed by atoms with van der Waals surface area (Å²) in [6.45, 7) is 12.9. The third kappa shape index (κ3) is 9.73. The highest BCUT2D eigenvalue weighted by atomic mass is 32.1. The number of methoxy groups -OCH3 is 2. The summed E-state index contributed by atoms with van der Waals surface area (Å²) in [6, 6.07) is 32.2. The van der Waals surface area contributed by atoms with Crippen LogP contribution in [0.25, 0.3) is 125 Å². The van der Waals surface area contributed by atoms with Crippen molar-refractivity contribution in [1.29, 1.82) is 0 Å². The molecular weight excluding hydrogens is 1130 g/mol. The predicted molar refractivity (Wildman–Crippen MR) is 344 cm³/mol. The number of nitrogens with zero attached hydrogens (tertiary/aromatic N) is 10. The molecule has 82 heavy (non-hydrogen) atoms. The average molecular weight is 1180 g/mol. The van der Waals surface area contributed by atoms with Crippen LogP contribution in [0, 0.1) is 41.5 Å². The Balaban J connectivity index is 0.000000116. The van der Waals surface area contributed by atoms with Gasteiger partial charge in [0.1, 0.15) is 41.5 Å². The molecule has 0 aliphatic heterocycles. The van der Waals surface area contributed by atoms with E-state index in [1.165, 1.54) is 50.5 Å². The summed E-state index contributed by atoms with van der Waals surface area (Å²) in [4.78, 5) is 46.1. The van der Waals surface area contributed by atoms with E-state index in [9.17, 15) is 0 Å². The van der Waals surface area contributed by atoms with Gasteiger partial charge in [-0.25, -0.2) is 29.9 Å². The first-order valence-corrected chi connectivity index (χ1v) is 30.9. The number of hydrogen-bond donors (Lipinski definition) is 0. The van der Waals surface area contributed by atoms with Crippen molar-refractivity contribution in [2.75, 3.05) is 14.2 Å². The van der Waals surface area contributed by atoms with Crippen LogP contribution < -0.4 is 9.47 Å². The lowest BCUT2D eigenvalue weighted by atomic mass is 10.1. The van der Waals surface area contributed by atoms with Crippen LogP contribution in [0.5, 0.6) is 11.5 Å². The van der Waals surface area contributed by atoms with Crippen molar-refractivity contribution in [3.05, 3.63) is 180 Å². The molecule has 12 nitrogen and oxygen atoms in total. The molecule has 0 bridgehead atoms. The number of thiazole rings is 6. The Labute approximate surface area is 495 Å². The number of fused-ring (bicyclic) bond motifs is 6. The number of aromatic nitrogens is 10. The monoisotopic (exact) mass is 1180 g/mol. The van der Waals surface area contributed by atoms with Crippen LogP contribution in [0.15, 0.2) is 147 Å². The Kier molecular flexibility index (Phi) is 14.3. The molecule has 0 radical (unpaired) electrons. The molecule has 15 rings (SSSR count). The van der Waals surface area contributed by atoms with Gasteiger partial charge < -0.3 is 9.47 Å². The van der Waals surface area contributed by atoms with E-state index < -0.39 is 0 Å². The van der Waals surface area contributed by atoms with E-state index in [1.807, 2.05) is 122 Å². The molecule has 0 atom stereocenters. The minimum absolute atomic E-state index is 0.852. The van der Waals surface area contributed by atoms with Crippen molar-refractivity contribution >= 4 is 129 Å². The van der Waals surface area contributed by atoms with E-state index in [-0.39, 0.29) is 0 Å². The van der Waals surface area contributed by atoms with E-state index >= 15 is 0 Å². The lowest BCUT2D eigenvalue weighted by Crippen LogP contribution is -1.85. The Bertz CT molecular complexity index is 4350. The summed E-state index contributed by atoms with van der Waals surface area (Å²) in [7, 11) is 3.36. The fourth-order valence-corrected chi connectivity index (χ4v) is 16.7. The van der Waals surface area contributed by atoms with Crippen molar-refractivity contribution in [2.24, 2.45) is 0 Å². The zero-order valence-electron chi connectivity index (χ0n) is 45.6. The van der Waals surface area contributed by atoms with Crippen molar-refractivity contribution in [1.82, 2.24) is 49.8 Å². The third-order valence-electron chi connectivity index (χ3n) is 14.3. The van der Waals surface area contributed by atoms with E-state index in [1.54, 1.807) is 82.2 Å². The second-order valence-corrected chi connectivity index (χ2v) is 25.3. The second kappa shape index (κ2) is 22.2. The molecule has 0 N–H and O–H groups in total. The molecule has 18 heteroatoms. The van der Waals surface area contributed by atoms with Gasteiger partial charge in [0.2, 0.25) is 0 Å². The van der Waals surface area contributed by atoms with Crippen LogP contribution in [0.2, 0.25) is 0 Å². The SMILES string of the molecule is COc1ccc(-c2nc3c(C)c4nc(-c5ccncc5)sc4c(C)c3s2)cc1.COc1ccc(-c2nc3c(C)c4sc(-c5ccncc5)nc4c(C)c3s2)cc1.Cc1c2nc(-c3ccncc3)sc2c(C)c2sc(-c3ccncc3)nc12. The number of rotatable bonds is 8. The molecule has 0 saturated carbocycles. The Hall–Kier alpha value is -8.36. The number of hydrogen-bond acceptors (Lipinski definition) is 18. The topological polar surface area (TPSA) is 147 Å². The summed E-state index contributed by atoms with van der Waals surface area (Å²) in [5.74, 6) is 1.70. The molecule has 402 valence electrons. The molecule has 0 aliphatic carbocycles. The highest BCUT2D eigenvalue weighted by Crippen LogP contribution is 2.46. The van der Waals surface area contributed by atoms with Crippen molar-refractivity contribution in [3.8, 4) is 74.9 Å². The molecule has 0 spiro atoms. The van der Waals surface area contributed by atoms with E-state index in [0.717, 1.165) is 119 Å². The van der Waals surface area contributed by atoms with Gasteiger partial charge in [-0.1, -0.05) is 0 Å². The Morgan fingerprint density at radius 2 is 0.439 bits per heavy atom. The maximum atomic E-state index is 5.26. The molecular formula is C64H48N10O2S6. The number of ether oxygens (including phenoxy) is 2. The quantitative estimate of drug-likeness (QED) is 0.143. The van der Waals surface area contributed by atoms with Gasteiger partial charge in [0.25, 0.3) is 0 Å². The molecule has 15 aromatic rings. The van der Waals surface area contributed by atoms with Crippen LogP contribution in [0.1, 0.15) is 33.4 Å².